The molecular formula is C24H30N2+2. The molecule has 0 unspecified atom stereocenters. The lowest BCUT2D eigenvalue weighted by Crippen LogP contribution is -2.35. The van der Waals surface area contributed by atoms with Crippen LogP contribution in [-0.4, -0.2) is 0 Å². The van der Waals surface area contributed by atoms with E-state index in [4.69, 9.17) is 0 Å². The quantitative estimate of drug-likeness (QED) is 0.597. The number of nitrogens with zero attached hydrogens (tertiary/aromatic N) is 2. The number of aromatic nitrogens is 2. The molecule has 0 fully saturated rings. The Bertz CT molecular complexity index is 764. The molecule has 0 spiro atoms. The normalized spacial score (nSPS) is 10.9. The van der Waals surface area contributed by atoms with E-state index in [1.807, 2.05) is 0 Å². The second-order valence-electron chi connectivity index (χ2n) is 7.57. The summed E-state index contributed by atoms with van der Waals surface area (Å²) in [7, 11) is 0. The van der Waals surface area contributed by atoms with Crippen LogP contribution in [0.25, 0.3) is 0 Å². The largest absolute Gasteiger partial charge is 0.204 e. The van der Waals surface area contributed by atoms with Gasteiger partial charge >= 0.3 is 0 Å². The monoisotopic (exact) mass is 346 g/mol. The second kappa shape index (κ2) is 8.27. The van der Waals surface area contributed by atoms with Gasteiger partial charge in [0, 0.05) is 35.1 Å². The highest BCUT2D eigenvalue weighted by Gasteiger charge is 2.06. The first kappa shape index (κ1) is 18.3. The summed E-state index contributed by atoms with van der Waals surface area (Å²) in [6.07, 6.45) is 11.0. The summed E-state index contributed by atoms with van der Waals surface area (Å²) in [5.74, 6) is 0. The zero-order valence-electron chi connectivity index (χ0n) is 16.5. The smallest absolute Gasteiger partial charge is 0.171 e. The van der Waals surface area contributed by atoms with Crippen LogP contribution in [-0.2, 0) is 25.9 Å². The Morgan fingerprint density at radius 2 is 0.846 bits per heavy atom. The molecule has 0 aliphatic carbocycles. The van der Waals surface area contributed by atoms with Gasteiger partial charge in [-0.25, -0.2) is 9.13 Å². The molecule has 0 aliphatic rings. The van der Waals surface area contributed by atoms with Crippen LogP contribution < -0.4 is 9.13 Å². The lowest BCUT2D eigenvalue weighted by Gasteiger charge is -2.04. The van der Waals surface area contributed by atoms with Gasteiger partial charge in [-0.1, -0.05) is 24.3 Å². The van der Waals surface area contributed by atoms with E-state index in [1.54, 1.807) is 0 Å². The van der Waals surface area contributed by atoms with Crippen molar-refractivity contribution in [2.24, 2.45) is 0 Å². The lowest BCUT2D eigenvalue weighted by molar-refractivity contribution is -0.697. The van der Waals surface area contributed by atoms with Crippen LogP contribution in [0.4, 0.5) is 0 Å². The molecule has 2 aromatic heterocycles. The summed E-state index contributed by atoms with van der Waals surface area (Å²) in [6.45, 7) is 10.7. The lowest BCUT2D eigenvalue weighted by atomic mass is 10.1. The van der Waals surface area contributed by atoms with Crippen molar-refractivity contribution in [3.63, 3.8) is 0 Å². The average molecular weight is 347 g/mol. The number of rotatable bonds is 6. The first-order valence-corrected chi connectivity index (χ1v) is 9.50. The van der Waals surface area contributed by atoms with Crippen LogP contribution in [0.5, 0.6) is 0 Å². The highest BCUT2D eigenvalue weighted by atomic mass is 14.9. The fourth-order valence-corrected chi connectivity index (χ4v) is 3.64. The summed E-state index contributed by atoms with van der Waals surface area (Å²) in [4.78, 5) is 0. The maximum absolute atomic E-state index is 2.30. The van der Waals surface area contributed by atoms with Crippen molar-refractivity contribution in [3.8, 4) is 0 Å². The van der Waals surface area contributed by atoms with Gasteiger partial charge in [0.25, 0.3) is 0 Å². The molecule has 0 aliphatic heterocycles. The van der Waals surface area contributed by atoms with Crippen molar-refractivity contribution in [1.29, 1.82) is 0 Å². The van der Waals surface area contributed by atoms with E-state index in [0.29, 0.717) is 0 Å². The molecule has 3 aromatic rings. The Kier molecular flexibility index (Phi) is 5.82. The third kappa shape index (κ3) is 5.26. The van der Waals surface area contributed by atoms with E-state index in [2.05, 4.69) is 98.0 Å². The molecule has 0 saturated carbocycles. The Hall–Kier alpha value is -2.48. The van der Waals surface area contributed by atoms with Gasteiger partial charge in [0.15, 0.2) is 37.9 Å². The van der Waals surface area contributed by atoms with E-state index in [9.17, 15) is 0 Å². The second-order valence-corrected chi connectivity index (χ2v) is 7.57. The van der Waals surface area contributed by atoms with Crippen molar-refractivity contribution >= 4 is 0 Å². The van der Waals surface area contributed by atoms with Crippen LogP contribution >= 0.6 is 0 Å². The molecule has 0 amide bonds. The van der Waals surface area contributed by atoms with Gasteiger partial charge in [-0.05, 0) is 51.0 Å². The van der Waals surface area contributed by atoms with E-state index in [1.165, 1.54) is 33.4 Å². The first-order valence-electron chi connectivity index (χ1n) is 9.50. The van der Waals surface area contributed by atoms with Crippen molar-refractivity contribution in [3.05, 3.63) is 94.6 Å². The highest BCUT2D eigenvalue weighted by molar-refractivity contribution is 5.22. The van der Waals surface area contributed by atoms with Gasteiger partial charge in [-0.15, -0.1) is 0 Å². The molecular weight excluding hydrogens is 316 g/mol. The minimum absolute atomic E-state index is 1.03. The molecule has 2 heteroatoms. The standard InChI is InChI=1S/C24H30N2/c1-19-13-20(2)16-25(15-19)11-9-23-5-7-24(8-6-23)10-12-26-17-21(3)14-22(4)18-26/h5-8,13-18H,9-12H2,1-4H3/q+2. The topological polar surface area (TPSA) is 7.76 Å². The predicted octanol–water partition coefficient (Wildman–Crippen LogP) is 3.98. The van der Waals surface area contributed by atoms with Gasteiger partial charge in [0.2, 0.25) is 0 Å². The van der Waals surface area contributed by atoms with Gasteiger partial charge in [-0.2, -0.15) is 0 Å². The summed E-state index contributed by atoms with van der Waals surface area (Å²) < 4.78 is 4.60. The number of hydrogen-bond acceptors (Lipinski definition) is 0. The first-order chi connectivity index (χ1) is 12.5. The van der Waals surface area contributed by atoms with Gasteiger partial charge < -0.3 is 0 Å². The summed E-state index contributed by atoms with van der Waals surface area (Å²) >= 11 is 0. The van der Waals surface area contributed by atoms with Gasteiger partial charge in [0.05, 0.1) is 0 Å². The molecule has 26 heavy (non-hydrogen) atoms. The zero-order valence-corrected chi connectivity index (χ0v) is 16.5. The molecule has 1 aromatic carbocycles. The Balaban J connectivity index is 1.56. The van der Waals surface area contributed by atoms with Crippen LogP contribution in [0.2, 0.25) is 0 Å². The van der Waals surface area contributed by atoms with Crippen LogP contribution in [0, 0.1) is 27.7 Å². The highest BCUT2D eigenvalue weighted by Crippen LogP contribution is 2.07. The average Bonchev–Trinajstić information content (AvgIpc) is 2.57. The van der Waals surface area contributed by atoms with Crippen molar-refractivity contribution in [2.75, 3.05) is 0 Å². The molecule has 2 heterocycles. The number of hydrogen-bond donors (Lipinski definition) is 0. The fourth-order valence-electron chi connectivity index (χ4n) is 3.64. The molecule has 0 atom stereocenters. The third-order valence-corrected chi connectivity index (χ3v) is 4.73. The molecule has 0 bridgehead atoms. The Morgan fingerprint density at radius 1 is 0.538 bits per heavy atom. The van der Waals surface area contributed by atoms with Crippen LogP contribution in [0.15, 0.2) is 61.2 Å². The van der Waals surface area contributed by atoms with E-state index < -0.39 is 0 Å². The van der Waals surface area contributed by atoms with Crippen LogP contribution in [0.1, 0.15) is 33.4 Å². The minimum atomic E-state index is 1.03. The SMILES string of the molecule is Cc1cc(C)c[n+](CCc2ccc(CC[n+]3cc(C)cc(C)c3)cc2)c1. The summed E-state index contributed by atoms with van der Waals surface area (Å²) in [5.41, 5.74) is 8.10. The van der Waals surface area contributed by atoms with Crippen molar-refractivity contribution in [1.82, 2.24) is 0 Å². The molecule has 0 N–H and O–H groups in total. The Labute approximate surface area is 157 Å². The number of pyridine rings is 2. The fraction of sp³-hybridized carbons (Fsp3) is 0.333. The molecule has 134 valence electrons. The molecule has 3 rings (SSSR count). The predicted molar refractivity (Wildman–Crippen MR) is 106 cm³/mol. The van der Waals surface area contributed by atoms with E-state index >= 15 is 0 Å². The van der Waals surface area contributed by atoms with E-state index in [0.717, 1.165) is 25.9 Å². The maximum Gasteiger partial charge on any atom is 0.171 e. The summed E-state index contributed by atoms with van der Waals surface area (Å²) in [5, 5.41) is 0. The van der Waals surface area contributed by atoms with Gasteiger partial charge in [0.1, 0.15) is 0 Å². The van der Waals surface area contributed by atoms with Crippen molar-refractivity contribution < 1.29 is 9.13 Å². The molecule has 0 saturated heterocycles. The third-order valence-electron chi connectivity index (χ3n) is 4.73. The zero-order chi connectivity index (χ0) is 18.5. The Morgan fingerprint density at radius 3 is 1.15 bits per heavy atom. The summed E-state index contributed by atoms with van der Waals surface area (Å²) in [6, 6.07) is 13.6. The number of aryl methyl sites for hydroxylation is 8. The molecule has 2 nitrogen and oxygen atoms in total. The number of benzene rings is 1. The minimum Gasteiger partial charge on any atom is -0.204 e. The molecule has 0 radical (unpaired) electrons. The van der Waals surface area contributed by atoms with Crippen molar-refractivity contribution in [2.45, 2.75) is 53.6 Å². The van der Waals surface area contributed by atoms with E-state index in [-0.39, 0.29) is 0 Å². The maximum atomic E-state index is 2.30. The van der Waals surface area contributed by atoms with Crippen LogP contribution in [0.3, 0.4) is 0 Å². The van der Waals surface area contributed by atoms with Gasteiger partial charge in [-0.3, -0.25) is 0 Å².